The molecular formula is C9H7Cl2N3O. The second-order valence-corrected chi connectivity index (χ2v) is 3.81. The van der Waals surface area contributed by atoms with Gasteiger partial charge in [-0.2, -0.15) is 0 Å². The maximum atomic E-state index is 5.79. The van der Waals surface area contributed by atoms with E-state index >= 15 is 0 Å². The molecule has 0 aliphatic carbocycles. The Hall–Kier alpha value is -1.13. The molecule has 0 amide bonds. The van der Waals surface area contributed by atoms with Gasteiger partial charge in [0.25, 0.3) is 0 Å². The first kappa shape index (κ1) is 10.4. The van der Waals surface area contributed by atoms with Gasteiger partial charge in [0.05, 0.1) is 11.3 Å². The van der Waals surface area contributed by atoms with Gasteiger partial charge in [-0.1, -0.05) is 28.4 Å². The molecule has 0 aliphatic rings. The number of aryl methyl sites for hydroxylation is 2. The molecule has 2 rings (SSSR count). The second kappa shape index (κ2) is 3.79. The first-order chi connectivity index (χ1) is 7.08. The monoisotopic (exact) mass is 243 g/mol. The van der Waals surface area contributed by atoms with E-state index < -0.39 is 0 Å². The van der Waals surface area contributed by atoms with Crippen LogP contribution < -0.4 is 0 Å². The van der Waals surface area contributed by atoms with E-state index in [0.717, 1.165) is 5.56 Å². The molecule has 0 saturated heterocycles. The number of nitrogens with zero attached hydrogens (tertiary/aromatic N) is 3. The third-order valence-corrected chi connectivity index (χ3v) is 2.31. The molecule has 6 heteroatoms. The van der Waals surface area contributed by atoms with Crippen LogP contribution in [0.15, 0.2) is 10.6 Å². The van der Waals surface area contributed by atoms with Crippen LogP contribution in [0.4, 0.5) is 0 Å². The third kappa shape index (κ3) is 1.96. The van der Waals surface area contributed by atoms with Crippen molar-refractivity contribution in [1.29, 1.82) is 0 Å². The highest BCUT2D eigenvalue weighted by Gasteiger charge is 2.15. The number of aromatic nitrogens is 3. The molecule has 0 radical (unpaired) electrons. The first-order valence-electron chi connectivity index (χ1n) is 4.21. The van der Waals surface area contributed by atoms with Crippen molar-refractivity contribution in [2.24, 2.45) is 0 Å². The highest BCUT2D eigenvalue weighted by Crippen LogP contribution is 2.25. The number of halogens is 2. The van der Waals surface area contributed by atoms with Crippen LogP contribution in [0.5, 0.6) is 0 Å². The van der Waals surface area contributed by atoms with E-state index in [-0.39, 0.29) is 0 Å². The molecule has 4 nitrogen and oxygen atoms in total. The summed E-state index contributed by atoms with van der Waals surface area (Å²) in [6.45, 7) is 3.59. The van der Waals surface area contributed by atoms with Crippen LogP contribution in [-0.2, 0) is 0 Å². The first-order valence-corrected chi connectivity index (χ1v) is 4.97. The number of hydrogen-bond donors (Lipinski definition) is 0. The van der Waals surface area contributed by atoms with Gasteiger partial charge in [0.2, 0.25) is 0 Å². The Labute approximate surface area is 96.2 Å². The van der Waals surface area contributed by atoms with Crippen molar-refractivity contribution in [2.45, 2.75) is 13.8 Å². The molecular weight excluding hydrogens is 237 g/mol. The zero-order chi connectivity index (χ0) is 11.0. The average Bonchev–Trinajstić information content (AvgIpc) is 2.44. The van der Waals surface area contributed by atoms with Crippen molar-refractivity contribution in [3.63, 3.8) is 0 Å². The van der Waals surface area contributed by atoms with Crippen molar-refractivity contribution in [3.8, 4) is 11.4 Å². The summed E-state index contributed by atoms with van der Waals surface area (Å²) in [4.78, 5) is 8.14. The largest absolute Gasteiger partial charge is 0.361 e. The summed E-state index contributed by atoms with van der Waals surface area (Å²) < 4.78 is 5.01. The van der Waals surface area contributed by atoms with Crippen molar-refractivity contribution in [2.75, 3.05) is 0 Å². The summed E-state index contributed by atoms with van der Waals surface area (Å²) in [7, 11) is 0. The van der Waals surface area contributed by atoms with Crippen LogP contribution in [0.3, 0.4) is 0 Å². The molecule has 0 N–H and O–H groups in total. The topological polar surface area (TPSA) is 51.8 Å². The minimum atomic E-state index is 0.296. The fourth-order valence-electron chi connectivity index (χ4n) is 1.30. The van der Waals surface area contributed by atoms with Gasteiger partial charge in [0.1, 0.15) is 16.1 Å². The molecule has 0 aromatic carbocycles. The fraction of sp³-hybridized carbons (Fsp3) is 0.222. The van der Waals surface area contributed by atoms with E-state index in [1.165, 1.54) is 6.07 Å². The van der Waals surface area contributed by atoms with E-state index in [0.29, 0.717) is 27.6 Å². The van der Waals surface area contributed by atoms with E-state index in [4.69, 9.17) is 27.7 Å². The van der Waals surface area contributed by atoms with Crippen LogP contribution >= 0.6 is 23.2 Å². The van der Waals surface area contributed by atoms with Gasteiger partial charge in [0.15, 0.2) is 5.82 Å². The quantitative estimate of drug-likeness (QED) is 0.723. The molecule has 2 aromatic heterocycles. The standard InChI is InChI=1S/C9H7Cl2N3O/c1-4-8(5(2)15-14-4)9-12-6(10)3-7(11)13-9/h3H,1-2H3. The lowest BCUT2D eigenvalue weighted by Crippen LogP contribution is -1.92. The van der Waals surface area contributed by atoms with Crippen LogP contribution in [-0.4, -0.2) is 15.1 Å². The molecule has 78 valence electrons. The Bertz CT molecular complexity index is 470. The van der Waals surface area contributed by atoms with E-state index in [2.05, 4.69) is 15.1 Å². The molecule has 0 fully saturated rings. The molecule has 0 bridgehead atoms. The zero-order valence-corrected chi connectivity index (χ0v) is 9.60. The van der Waals surface area contributed by atoms with Gasteiger partial charge < -0.3 is 4.52 Å². The Morgan fingerprint density at radius 3 is 2.20 bits per heavy atom. The lowest BCUT2D eigenvalue weighted by molar-refractivity contribution is 0.393. The van der Waals surface area contributed by atoms with Crippen molar-refractivity contribution >= 4 is 23.2 Å². The Morgan fingerprint density at radius 2 is 1.73 bits per heavy atom. The van der Waals surface area contributed by atoms with Crippen molar-refractivity contribution < 1.29 is 4.52 Å². The average molecular weight is 244 g/mol. The van der Waals surface area contributed by atoms with Crippen LogP contribution in [0.25, 0.3) is 11.4 Å². The third-order valence-electron chi connectivity index (χ3n) is 1.92. The van der Waals surface area contributed by atoms with Crippen molar-refractivity contribution in [1.82, 2.24) is 15.1 Å². The highest BCUT2D eigenvalue weighted by atomic mass is 35.5. The summed E-state index contributed by atoms with van der Waals surface area (Å²) in [6, 6.07) is 1.48. The summed E-state index contributed by atoms with van der Waals surface area (Å²) in [5.41, 5.74) is 1.45. The number of rotatable bonds is 1. The van der Waals surface area contributed by atoms with Gasteiger partial charge in [-0.3, -0.25) is 0 Å². The van der Waals surface area contributed by atoms with Crippen LogP contribution in [0.2, 0.25) is 10.3 Å². The summed E-state index contributed by atoms with van der Waals surface area (Å²) in [5.74, 6) is 1.08. The van der Waals surface area contributed by atoms with E-state index in [1.807, 2.05) is 6.92 Å². The molecule has 2 aromatic rings. The Morgan fingerprint density at radius 1 is 1.13 bits per heavy atom. The van der Waals surface area contributed by atoms with Crippen molar-refractivity contribution in [3.05, 3.63) is 27.8 Å². The van der Waals surface area contributed by atoms with Gasteiger partial charge in [-0.15, -0.1) is 0 Å². The fourth-order valence-corrected chi connectivity index (χ4v) is 1.73. The molecule has 0 aliphatic heterocycles. The molecule has 0 unspecified atom stereocenters. The highest BCUT2D eigenvalue weighted by molar-refractivity contribution is 6.33. The minimum absolute atomic E-state index is 0.296. The van der Waals surface area contributed by atoms with E-state index in [1.54, 1.807) is 6.92 Å². The maximum absolute atomic E-state index is 5.79. The zero-order valence-electron chi connectivity index (χ0n) is 8.08. The lowest BCUT2D eigenvalue weighted by Gasteiger charge is -1.99. The summed E-state index contributed by atoms with van der Waals surface area (Å²) in [5, 5.41) is 4.40. The number of hydrogen-bond acceptors (Lipinski definition) is 4. The molecule has 0 spiro atoms. The normalized spacial score (nSPS) is 10.7. The summed E-state index contributed by atoms with van der Waals surface area (Å²) in [6.07, 6.45) is 0. The van der Waals surface area contributed by atoms with Gasteiger partial charge in [0, 0.05) is 6.07 Å². The van der Waals surface area contributed by atoms with Crippen LogP contribution in [0.1, 0.15) is 11.5 Å². The van der Waals surface area contributed by atoms with Crippen LogP contribution in [0, 0.1) is 13.8 Å². The molecule has 15 heavy (non-hydrogen) atoms. The maximum Gasteiger partial charge on any atom is 0.167 e. The van der Waals surface area contributed by atoms with Gasteiger partial charge in [-0.05, 0) is 13.8 Å². The second-order valence-electron chi connectivity index (χ2n) is 3.04. The minimum Gasteiger partial charge on any atom is -0.361 e. The van der Waals surface area contributed by atoms with E-state index in [9.17, 15) is 0 Å². The molecule has 0 saturated carbocycles. The van der Waals surface area contributed by atoms with Gasteiger partial charge in [-0.25, -0.2) is 9.97 Å². The lowest BCUT2D eigenvalue weighted by atomic mass is 10.2. The predicted octanol–water partition coefficient (Wildman–Crippen LogP) is 3.06. The summed E-state index contributed by atoms with van der Waals surface area (Å²) >= 11 is 11.6. The molecule has 0 atom stereocenters. The smallest absolute Gasteiger partial charge is 0.167 e. The predicted molar refractivity (Wildman–Crippen MR) is 57.0 cm³/mol. The Kier molecular flexibility index (Phi) is 2.63. The molecule has 2 heterocycles. The Balaban J connectivity index is 2.63. The van der Waals surface area contributed by atoms with Gasteiger partial charge >= 0.3 is 0 Å². The SMILES string of the molecule is Cc1noc(C)c1-c1nc(Cl)cc(Cl)n1.